The van der Waals surface area contributed by atoms with Gasteiger partial charge >= 0.3 is 11.8 Å². The van der Waals surface area contributed by atoms with Crippen LogP contribution < -0.4 is 10.7 Å². The van der Waals surface area contributed by atoms with Gasteiger partial charge in [0.05, 0.1) is 11.1 Å². The highest BCUT2D eigenvalue weighted by molar-refractivity contribution is 6.39. The van der Waals surface area contributed by atoms with Crippen LogP contribution in [0.5, 0.6) is 0 Å². The van der Waals surface area contributed by atoms with Crippen molar-refractivity contribution in [3.63, 3.8) is 0 Å². The van der Waals surface area contributed by atoms with Crippen LogP contribution in [0.1, 0.15) is 5.56 Å². The Bertz CT molecular complexity index is 1040. The van der Waals surface area contributed by atoms with Gasteiger partial charge in [-0.3, -0.25) is 19.7 Å². The summed E-state index contributed by atoms with van der Waals surface area (Å²) >= 11 is 0. The number of non-ortho nitro benzene ring substituents is 1. The van der Waals surface area contributed by atoms with E-state index in [1.165, 1.54) is 30.5 Å². The summed E-state index contributed by atoms with van der Waals surface area (Å²) < 4.78 is 0. The molecule has 0 saturated carbocycles. The topological polar surface area (TPSA) is 114 Å². The number of nitrogens with one attached hydrogen (secondary N) is 2. The molecule has 0 fully saturated rings. The Balaban J connectivity index is 1.62. The largest absolute Gasteiger partial charge is 0.329 e. The van der Waals surface area contributed by atoms with E-state index in [1.54, 1.807) is 0 Å². The molecule has 0 aliphatic carbocycles. The molecule has 3 rings (SSSR count). The van der Waals surface area contributed by atoms with Gasteiger partial charge in [0.15, 0.2) is 0 Å². The number of carbonyl (C=O) groups excluding carboxylic acids is 2. The van der Waals surface area contributed by atoms with Gasteiger partial charge < -0.3 is 5.32 Å². The Morgan fingerprint density at radius 2 is 1.63 bits per heavy atom. The summed E-state index contributed by atoms with van der Waals surface area (Å²) in [6.45, 7) is 0. The van der Waals surface area contributed by atoms with E-state index in [0.29, 0.717) is 0 Å². The van der Waals surface area contributed by atoms with Gasteiger partial charge in [0.25, 0.3) is 5.69 Å². The molecule has 2 amide bonds. The molecular weight excluding hydrogens is 348 g/mol. The second-order valence-corrected chi connectivity index (χ2v) is 5.53. The Kier molecular flexibility index (Phi) is 5.17. The number of nitro groups is 1. The molecule has 27 heavy (non-hydrogen) atoms. The summed E-state index contributed by atoms with van der Waals surface area (Å²) in [4.78, 5) is 33.7. The van der Waals surface area contributed by atoms with Crippen LogP contribution >= 0.6 is 0 Å². The Labute approximate surface area is 153 Å². The van der Waals surface area contributed by atoms with Crippen molar-refractivity contribution in [2.75, 3.05) is 5.32 Å². The maximum atomic E-state index is 11.9. The number of carbonyl (C=O) groups is 2. The molecule has 0 saturated heterocycles. The molecule has 0 aromatic heterocycles. The Hall–Kier alpha value is -4.07. The molecule has 0 aliphatic rings. The number of amides is 2. The van der Waals surface area contributed by atoms with E-state index < -0.39 is 16.7 Å². The lowest BCUT2D eigenvalue weighted by Gasteiger charge is -2.04. The third kappa shape index (κ3) is 4.31. The normalized spacial score (nSPS) is 10.7. The molecule has 0 spiro atoms. The van der Waals surface area contributed by atoms with Crippen LogP contribution in [0.4, 0.5) is 11.4 Å². The summed E-state index contributed by atoms with van der Waals surface area (Å²) in [5.74, 6) is -1.89. The maximum absolute atomic E-state index is 11.9. The molecule has 3 aromatic carbocycles. The number of hydrogen-bond acceptors (Lipinski definition) is 5. The zero-order chi connectivity index (χ0) is 19.2. The predicted octanol–water partition coefficient (Wildman–Crippen LogP) is 2.84. The molecular formula is C19H14N4O4. The number of fused-ring (bicyclic) bond motifs is 1. The second-order valence-electron chi connectivity index (χ2n) is 5.53. The van der Waals surface area contributed by atoms with Crippen molar-refractivity contribution in [2.45, 2.75) is 0 Å². The summed E-state index contributed by atoms with van der Waals surface area (Å²) in [6, 6.07) is 18.5. The average Bonchev–Trinajstić information content (AvgIpc) is 2.68. The number of nitrogens with zero attached hydrogens (tertiary/aromatic N) is 2. The van der Waals surface area contributed by atoms with E-state index in [9.17, 15) is 19.7 Å². The van der Waals surface area contributed by atoms with Gasteiger partial charge in [0.1, 0.15) is 0 Å². The number of hydrazone groups is 1. The van der Waals surface area contributed by atoms with Crippen LogP contribution in [0.3, 0.4) is 0 Å². The first kappa shape index (κ1) is 17.7. The smallest absolute Gasteiger partial charge is 0.318 e. The van der Waals surface area contributed by atoms with Crippen LogP contribution in [0.15, 0.2) is 71.8 Å². The molecule has 8 heteroatoms. The highest BCUT2D eigenvalue weighted by Gasteiger charge is 2.13. The first-order chi connectivity index (χ1) is 13.0. The minimum atomic E-state index is -0.954. The zero-order valence-electron chi connectivity index (χ0n) is 14.0. The van der Waals surface area contributed by atoms with Crippen molar-refractivity contribution < 1.29 is 14.5 Å². The molecule has 3 aromatic rings. The third-order valence-electron chi connectivity index (χ3n) is 3.74. The van der Waals surface area contributed by atoms with E-state index >= 15 is 0 Å². The number of anilines is 1. The van der Waals surface area contributed by atoms with Crippen LogP contribution in [0, 0.1) is 10.1 Å². The molecule has 0 atom stereocenters. The average molecular weight is 362 g/mol. The molecule has 0 aliphatic heterocycles. The number of nitro benzene ring substituents is 1. The predicted molar refractivity (Wildman–Crippen MR) is 101 cm³/mol. The van der Waals surface area contributed by atoms with Gasteiger partial charge in [-0.15, -0.1) is 0 Å². The van der Waals surface area contributed by atoms with E-state index in [1.807, 2.05) is 42.5 Å². The van der Waals surface area contributed by atoms with Gasteiger partial charge in [-0.1, -0.05) is 42.5 Å². The molecule has 0 bridgehead atoms. The molecule has 2 N–H and O–H groups in total. The van der Waals surface area contributed by atoms with Crippen molar-refractivity contribution in [1.82, 2.24) is 5.43 Å². The summed E-state index contributed by atoms with van der Waals surface area (Å²) in [5.41, 5.74) is 3.10. The fraction of sp³-hybridized carbons (Fsp3) is 0. The van der Waals surface area contributed by atoms with Crippen LogP contribution in [-0.4, -0.2) is 23.0 Å². The summed E-state index contributed by atoms with van der Waals surface area (Å²) in [6.07, 6.45) is 1.46. The van der Waals surface area contributed by atoms with Crippen LogP contribution in [0.25, 0.3) is 10.8 Å². The minimum Gasteiger partial charge on any atom is -0.318 e. The van der Waals surface area contributed by atoms with E-state index in [4.69, 9.17) is 0 Å². The van der Waals surface area contributed by atoms with Gasteiger partial charge in [-0.2, -0.15) is 5.10 Å². The van der Waals surface area contributed by atoms with E-state index in [-0.39, 0.29) is 11.4 Å². The van der Waals surface area contributed by atoms with Gasteiger partial charge in [-0.05, 0) is 22.9 Å². The van der Waals surface area contributed by atoms with Gasteiger partial charge in [-0.25, -0.2) is 5.43 Å². The van der Waals surface area contributed by atoms with Gasteiger partial charge in [0, 0.05) is 23.4 Å². The fourth-order valence-corrected chi connectivity index (χ4v) is 2.43. The molecule has 0 heterocycles. The summed E-state index contributed by atoms with van der Waals surface area (Å²) in [7, 11) is 0. The van der Waals surface area contributed by atoms with Crippen LogP contribution in [0.2, 0.25) is 0 Å². The highest BCUT2D eigenvalue weighted by Crippen LogP contribution is 2.17. The second kappa shape index (κ2) is 7.87. The fourth-order valence-electron chi connectivity index (χ4n) is 2.43. The lowest BCUT2D eigenvalue weighted by atomic mass is 10.1. The third-order valence-corrected chi connectivity index (χ3v) is 3.74. The van der Waals surface area contributed by atoms with Crippen molar-refractivity contribution in [2.24, 2.45) is 5.10 Å². The molecule has 0 unspecified atom stereocenters. The maximum Gasteiger partial charge on any atom is 0.329 e. The molecule has 0 radical (unpaired) electrons. The molecule has 134 valence electrons. The molecule has 8 nitrogen and oxygen atoms in total. The van der Waals surface area contributed by atoms with Crippen molar-refractivity contribution in [3.05, 3.63) is 82.4 Å². The number of benzene rings is 3. The van der Waals surface area contributed by atoms with Crippen molar-refractivity contribution >= 4 is 40.2 Å². The van der Waals surface area contributed by atoms with Gasteiger partial charge in [0.2, 0.25) is 0 Å². The van der Waals surface area contributed by atoms with Crippen molar-refractivity contribution in [1.29, 1.82) is 0 Å². The Morgan fingerprint density at radius 3 is 2.37 bits per heavy atom. The lowest BCUT2D eigenvalue weighted by molar-refractivity contribution is -0.384. The quantitative estimate of drug-likeness (QED) is 0.321. The first-order valence-corrected chi connectivity index (χ1v) is 7.91. The lowest BCUT2D eigenvalue weighted by Crippen LogP contribution is -2.32. The summed E-state index contributed by atoms with van der Waals surface area (Å²) in [5, 5.41) is 18.8. The zero-order valence-corrected chi connectivity index (χ0v) is 14.0. The SMILES string of the molecule is O=C(N/N=C\c1cccc2ccccc12)C(=O)Nc1ccc([N+](=O)[O-])cc1. The van der Waals surface area contributed by atoms with Crippen molar-refractivity contribution in [3.8, 4) is 0 Å². The van der Waals surface area contributed by atoms with E-state index in [0.717, 1.165) is 16.3 Å². The van der Waals surface area contributed by atoms with Crippen LogP contribution in [-0.2, 0) is 9.59 Å². The number of rotatable bonds is 4. The Morgan fingerprint density at radius 1 is 0.926 bits per heavy atom. The number of hydrogen-bond donors (Lipinski definition) is 2. The monoisotopic (exact) mass is 362 g/mol. The standard InChI is InChI=1S/C19H14N4O4/c24-18(21-15-8-10-16(11-9-15)23(26)27)19(25)22-20-12-14-6-3-5-13-4-1-2-7-17(13)14/h1-12H,(H,21,24)(H,22,25)/b20-12-. The minimum absolute atomic E-state index is 0.114. The first-order valence-electron chi connectivity index (χ1n) is 7.91. The highest BCUT2D eigenvalue weighted by atomic mass is 16.6. The van der Waals surface area contributed by atoms with E-state index in [2.05, 4.69) is 15.8 Å².